The van der Waals surface area contributed by atoms with Crippen LogP contribution >= 0.6 is 0 Å². The Bertz CT molecular complexity index is 509. The van der Waals surface area contributed by atoms with Crippen molar-refractivity contribution >= 4 is 5.69 Å². The van der Waals surface area contributed by atoms with E-state index in [1.165, 1.54) is 0 Å². The maximum Gasteiger partial charge on any atom is 0.142 e. The van der Waals surface area contributed by atoms with Crippen LogP contribution in [0.4, 0.5) is 5.69 Å². The highest BCUT2D eigenvalue weighted by Gasteiger charge is 2.10. The Morgan fingerprint density at radius 2 is 2.11 bits per heavy atom. The van der Waals surface area contributed by atoms with Crippen LogP contribution in [0.15, 0.2) is 30.5 Å². The number of ether oxygens (including phenoxy) is 1. The van der Waals surface area contributed by atoms with Gasteiger partial charge < -0.3 is 9.64 Å². The Labute approximate surface area is 107 Å². The smallest absolute Gasteiger partial charge is 0.142 e. The monoisotopic (exact) mass is 246 g/mol. The summed E-state index contributed by atoms with van der Waals surface area (Å²) in [6.45, 7) is 3.40. The standard InChI is InChI=1S/C13H18N4O/c1-4-18-13-8-6-5-7-12(13)16(2)10-11-9-14-15-17(11)3/h5-9H,4,10H2,1-3H3. The predicted molar refractivity (Wildman–Crippen MR) is 70.7 cm³/mol. The average molecular weight is 246 g/mol. The third-order valence-corrected chi connectivity index (χ3v) is 2.78. The molecule has 0 fully saturated rings. The molecule has 0 aliphatic rings. The van der Waals surface area contributed by atoms with Gasteiger partial charge in [0.05, 0.1) is 30.7 Å². The normalized spacial score (nSPS) is 10.4. The second-order valence-corrected chi connectivity index (χ2v) is 4.11. The lowest BCUT2D eigenvalue weighted by molar-refractivity contribution is 0.340. The highest BCUT2D eigenvalue weighted by Crippen LogP contribution is 2.27. The quantitative estimate of drug-likeness (QED) is 0.807. The zero-order valence-corrected chi connectivity index (χ0v) is 11.0. The molecule has 96 valence electrons. The minimum atomic E-state index is 0.665. The molecule has 5 nitrogen and oxygen atoms in total. The van der Waals surface area contributed by atoms with E-state index in [1.54, 1.807) is 10.9 Å². The van der Waals surface area contributed by atoms with E-state index < -0.39 is 0 Å². The number of benzene rings is 1. The Balaban J connectivity index is 2.18. The lowest BCUT2D eigenvalue weighted by atomic mass is 10.2. The summed E-state index contributed by atoms with van der Waals surface area (Å²) in [5.74, 6) is 0.901. The van der Waals surface area contributed by atoms with E-state index in [0.29, 0.717) is 6.61 Å². The number of para-hydroxylation sites is 2. The molecule has 0 aliphatic carbocycles. The molecule has 0 spiro atoms. The van der Waals surface area contributed by atoms with Crippen molar-refractivity contribution in [1.29, 1.82) is 0 Å². The second-order valence-electron chi connectivity index (χ2n) is 4.11. The first-order valence-corrected chi connectivity index (χ1v) is 5.99. The van der Waals surface area contributed by atoms with E-state index in [1.807, 2.05) is 39.2 Å². The van der Waals surface area contributed by atoms with Crippen LogP contribution in [0.3, 0.4) is 0 Å². The van der Waals surface area contributed by atoms with Crippen molar-refractivity contribution in [2.24, 2.45) is 7.05 Å². The molecule has 18 heavy (non-hydrogen) atoms. The molecule has 0 atom stereocenters. The van der Waals surface area contributed by atoms with Crippen LogP contribution in [0.25, 0.3) is 0 Å². The Morgan fingerprint density at radius 3 is 2.78 bits per heavy atom. The summed E-state index contributed by atoms with van der Waals surface area (Å²) in [5, 5.41) is 7.81. The van der Waals surface area contributed by atoms with Gasteiger partial charge in [0.1, 0.15) is 5.75 Å². The maximum absolute atomic E-state index is 5.63. The summed E-state index contributed by atoms with van der Waals surface area (Å²) >= 11 is 0. The fourth-order valence-electron chi connectivity index (χ4n) is 1.83. The molecule has 0 unspecified atom stereocenters. The lowest BCUT2D eigenvalue weighted by Gasteiger charge is -2.21. The van der Waals surface area contributed by atoms with Gasteiger partial charge in [-0.2, -0.15) is 0 Å². The number of anilines is 1. The molecule has 1 aromatic carbocycles. The van der Waals surface area contributed by atoms with E-state index in [4.69, 9.17) is 4.74 Å². The molecule has 2 rings (SSSR count). The number of hydrogen-bond donors (Lipinski definition) is 0. The molecule has 0 saturated heterocycles. The highest BCUT2D eigenvalue weighted by atomic mass is 16.5. The number of aromatic nitrogens is 3. The van der Waals surface area contributed by atoms with Crippen molar-refractivity contribution in [3.8, 4) is 5.75 Å². The zero-order chi connectivity index (χ0) is 13.0. The zero-order valence-electron chi connectivity index (χ0n) is 11.0. The van der Waals surface area contributed by atoms with Crippen LogP contribution in [0.1, 0.15) is 12.6 Å². The topological polar surface area (TPSA) is 43.2 Å². The van der Waals surface area contributed by atoms with Gasteiger partial charge in [0.2, 0.25) is 0 Å². The first-order chi connectivity index (χ1) is 8.72. The summed E-state index contributed by atoms with van der Waals surface area (Å²) in [5.41, 5.74) is 2.13. The molecular weight excluding hydrogens is 228 g/mol. The molecule has 0 radical (unpaired) electrons. The van der Waals surface area contributed by atoms with Gasteiger partial charge in [0.25, 0.3) is 0 Å². The third-order valence-electron chi connectivity index (χ3n) is 2.78. The average Bonchev–Trinajstić information content (AvgIpc) is 2.76. The summed E-state index contributed by atoms with van der Waals surface area (Å²) in [7, 11) is 3.93. The van der Waals surface area contributed by atoms with Crippen LogP contribution in [0, 0.1) is 0 Å². The Kier molecular flexibility index (Phi) is 3.82. The fraction of sp³-hybridized carbons (Fsp3) is 0.385. The van der Waals surface area contributed by atoms with Crippen LogP contribution < -0.4 is 9.64 Å². The largest absolute Gasteiger partial charge is 0.492 e. The molecule has 1 aromatic heterocycles. The van der Waals surface area contributed by atoms with E-state index in [2.05, 4.69) is 21.3 Å². The number of nitrogens with zero attached hydrogens (tertiary/aromatic N) is 4. The summed E-state index contributed by atoms with van der Waals surface area (Å²) in [6.07, 6.45) is 1.78. The Hall–Kier alpha value is -2.04. The second kappa shape index (κ2) is 5.53. The minimum absolute atomic E-state index is 0.665. The van der Waals surface area contributed by atoms with Gasteiger partial charge in [-0.05, 0) is 19.1 Å². The first kappa shape index (κ1) is 12.4. The molecule has 2 aromatic rings. The van der Waals surface area contributed by atoms with Gasteiger partial charge in [-0.15, -0.1) is 5.10 Å². The molecule has 0 amide bonds. The molecule has 5 heteroatoms. The fourth-order valence-corrected chi connectivity index (χ4v) is 1.83. The van der Waals surface area contributed by atoms with E-state index in [9.17, 15) is 0 Å². The molecule has 1 heterocycles. The van der Waals surface area contributed by atoms with E-state index in [0.717, 1.165) is 23.7 Å². The van der Waals surface area contributed by atoms with E-state index >= 15 is 0 Å². The SMILES string of the molecule is CCOc1ccccc1N(C)Cc1cnnn1C. The Morgan fingerprint density at radius 1 is 1.33 bits per heavy atom. The van der Waals surface area contributed by atoms with Gasteiger partial charge >= 0.3 is 0 Å². The minimum Gasteiger partial charge on any atom is -0.492 e. The number of rotatable bonds is 5. The summed E-state index contributed by atoms with van der Waals surface area (Å²) < 4.78 is 7.41. The van der Waals surface area contributed by atoms with Gasteiger partial charge in [0, 0.05) is 14.1 Å². The first-order valence-electron chi connectivity index (χ1n) is 5.99. The summed E-state index contributed by atoms with van der Waals surface area (Å²) in [6, 6.07) is 8.02. The molecule has 0 saturated carbocycles. The number of aryl methyl sites for hydroxylation is 1. The van der Waals surface area contributed by atoms with Crippen LogP contribution in [-0.2, 0) is 13.6 Å². The van der Waals surface area contributed by atoms with Crippen LogP contribution in [-0.4, -0.2) is 28.6 Å². The lowest BCUT2D eigenvalue weighted by Crippen LogP contribution is -2.19. The van der Waals surface area contributed by atoms with Crippen molar-refractivity contribution in [2.45, 2.75) is 13.5 Å². The van der Waals surface area contributed by atoms with Crippen LogP contribution in [0.2, 0.25) is 0 Å². The van der Waals surface area contributed by atoms with Crippen molar-refractivity contribution in [3.63, 3.8) is 0 Å². The van der Waals surface area contributed by atoms with Gasteiger partial charge in [0.15, 0.2) is 0 Å². The van der Waals surface area contributed by atoms with E-state index in [-0.39, 0.29) is 0 Å². The predicted octanol–water partition coefficient (Wildman–Crippen LogP) is 1.85. The maximum atomic E-state index is 5.63. The van der Waals surface area contributed by atoms with Gasteiger partial charge in [-0.1, -0.05) is 17.3 Å². The molecule has 0 N–H and O–H groups in total. The third kappa shape index (κ3) is 2.61. The van der Waals surface area contributed by atoms with Gasteiger partial charge in [-0.25, -0.2) is 0 Å². The molecule has 0 bridgehead atoms. The van der Waals surface area contributed by atoms with Crippen molar-refractivity contribution in [3.05, 3.63) is 36.2 Å². The van der Waals surface area contributed by atoms with Crippen LogP contribution in [0.5, 0.6) is 5.75 Å². The molecule has 0 aliphatic heterocycles. The summed E-state index contributed by atoms with van der Waals surface area (Å²) in [4.78, 5) is 2.13. The number of hydrogen-bond acceptors (Lipinski definition) is 4. The highest BCUT2D eigenvalue weighted by molar-refractivity contribution is 5.57. The van der Waals surface area contributed by atoms with Crippen molar-refractivity contribution in [1.82, 2.24) is 15.0 Å². The van der Waals surface area contributed by atoms with Crippen molar-refractivity contribution < 1.29 is 4.74 Å². The molecular formula is C13H18N4O. The van der Waals surface area contributed by atoms with Crippen molar-refractivity contribution in [2.75, 3.05) is 18.6 Å². The van der Waals surface area contributed by atoms with Gasteiger partial charge in [-0.3, -0.25) is 4.68 Å².